The zero-order valence-corrected chi connectivity index (χ0v) is 23.4. The molecular formula is C31H31N5O4S. The van der Waals surface area contributed by atoms with E-state index in [0.29, 0.717) is 25.0 Å². The number of aryl methyl sites for hydroxylation is 1. The van der Waals surface area contributed by atoms with E-state index < -0.39 is 0 Å². The van der Waals surface area contributed by atoms with Gasteiger partial charge < -0.3 is 25.1 Å². The smallest absolute Gasteiger partial charge is 0.258 e. The molecule has 2 amide bonds. The average Bonchev–Trinajstić information content (AvgIpc) is 3.69. The topological polar surface area (TPSA) is 118 Å². The van der Waals surface area contributed by atoms with Gasteiger partial charge in [0, 0.05) is 41.0 Å². The van der Waals surface area contributed by atoms with Crippen LogP contribution in [0.5, 0.6) is 11.5 Å². The quantitative estimate of drug-likeness (QED) is 0.192. The maximum atomic E-state index is 12.9. The van der Waals surface area contributed by atoms with Crippen LogP contribution in [0.3, 0.4) is 0 Å². The average molecular weight is 570 g/mol. The molecule has 0 aliphatic rings. The highest BCUT2D eigenvalue weighted by molar-refractivity contribution is 7.03. The molecule has 0 saturated carbocycles. The van der Waals surface area contributed by atoms with Crippen molar-refractivity contribution >= 4 is 34.2 Å². The molecule has 5 rings (SSSR count). The number of rotatable bonds is 13. The molecule has 1 unspecified atom stereocenters. The standard InChI is InChI=1S/C31H31N5O4S/c1-39-29-9-5-2-6-22(29)12-15-30(37)33-18-24(16-23-17-32-27-8-4-3-7-26(23)27)34-31(38)19-40-25-13-10-21(11-14-25)28-20-41-36-35-28/h2-11,13-14,17,20,24,32H,12,15-16,18-19H2,1H3,(H,33,37)(H,34,38). The van der Waals surface area contributed by atoms with Crippen LogP contribution in [-0.4, -0.2) is 52.7 Å². The summed E-state index contributed by atoms with van der Waals surface area (Å²) in [5.41, 5.74) is 4.78. The van der Waals surface area contributed by atoms with Crippen molar-refractivity contribution in [3.05, 3.63) is 95.5 Å². The number of amides is 2. The first-order valence-corrected chi connectivity index (χ1v) is 14.2. The first-order valence-electron chi connectivity index (χ1n) is 13.3. The van der Waals surface area contributed by atoms with Gasteiger partial charge in [0.1, 0.15) is 17.2 Å². The number of methoxy groups -OCH3 is 1. The van der Waals surface area contributed by atoms with E-state index in [0.717, 1.165) is 39.0 Å². The number of ether oxygens (including phenoxy) is 2. The van der Waals surface area contributed by atoms with Crippen LogP contribution in [0.4, 0.5) is 0 Å². The van der Waals surface area contributed by atoms with Crippen molar-refractivity contribution in [3.8, 4) is 22.8 Å². The first-order chi connectivity index (χ1) is 20.1. The van der Waals surface area contributed by atoms with E-state index in [9.17, 15) is 9.59 Å². The number of carbonyl (C=O) groups excluding carboxylic acids is 2. The van der Waals surface area contributed by atoms with Crippen molar-refractivity contribution < 1.29 is 19.1 Å². The minimum absolute atomic E-state index is 0.0965. The lowest BCUT2D eigenvalue weighted by Crippen LogP contribution is -2.46. The van der Waals surface area contributed by atoms with Gasteiger partial charge >= 0.3 is 0 Å². The van der Waals surface area contributed by atoms with E-state index >= 15 is 0 Å². The van der Waals surface area contributed by atoms with Crippen LogP contribution >= 0.6 is 11.5 Å². The molecule has 0 radical (unpaired) electrons. The number of benzene rings is 3. The summed E-state index contributed by atoms with van der Waals surface area (Å²) < 4.78 is 15.0. The third-order valence-electron chi connectivity index (χ3n) is 6.75. The highest BCUT2D eigenvalue weighted by atomic mass is 32.1. The molecule has 3 aromatic carbocycles. The van der Waals surface area contributed by atoms with Gasteiger partial charge in [-0.25, -0.2) is 0 Å². The second kappa shape index (κ2) is 13.6. The molecule has 2 aromatic heterocycles. The highest BCUT2D eigenvalue weighted by Crippen LogP contribution is 2.22. The Hall–Kier alpha value is -4.70. The Balaban J connectivity index is 1.18. The fraction of sp³-hybridized carbons (Fsp3) is 0.226. The Labute approximate surface area is 242 Å². The van der Waals surface area contributed by atoms with E-state index in [1.54, 1.807) is 19.2 Å². The van der Waals surface area contributed by atoms with E-state index in [4.69, 9.17) is 9.47 Å². The fourth-order valence-electron chi connectivity index (χ4n) is 4.65. The molecule has 0 saturated heterocycles. The molecule has 0 bridgehead atoms. The van der Waals surface area contributed by atoms with Gasteiger partial charge in [0.05, 0.1) is 13.2 Å². The first kappa shape index (κ1) is 27.9. The Morgan fingerprint density at radius 1 is 0.976 bits per heavy atom. The SMILES string of the molecule is COc1ccccc1CCC(=O)NCC(Cc1c[nH]c2ccccc12)NC(=O)COc1ccc(-c2csnn2)cc1. The summed E-state index contributed by atoms with van der Waals surface area (Å²) >= 11 is 1.29. The van der Waals surface area contributed by atoms with Gasteiger partial charge in [0.25, 0.3) is 5.91 Å². The molecule has 1 atom stereocenters. The number of H-pyrrole nitrogens is 1. The molecule has 41 heavy (non-hydrogen) atoms. The van der Waals surface area contributed by atoms with Gasteiger partial charge in [-0.15, -0.1) is 5.10 Å². The maximum absolute atomic E-state index is 12.9. The third-order valence-corrected chi connectivity index (χ3v) is 7.25. The molecule has 9 nitrogen and oxygen atoms in total. The third kappa shape index (κ3) is 7.49. The zero-order valence-electron chi connectivity index (χ0n) is 22.6. The summed E-state index contributed by atoms with van der Waals surface area (Å²) in [7, 11) is 1.62. The largest absolute Gasteiger partial charge is 0.496 e. The molecule has 2 heterocycles. The predicted octanol–water partition coefficient (Wildman–Crippen LogP) is 4.55. The van der Waals surface area contributed by atoms with Gasteiger partial charge in [0.2, 0.25) is 5.91 Å². The lowest BCUT2D eigenvalue weighted by Gasteiger charge is -2.20. The summed E-state index contributed by atoms with van der Waals surface area (Å²) in [6, 6.07) is 22.7. The van der Waals surface area contributed by atoms with E-state index in [2.05, 4.69) is 25.2 Å². The van der Waals surface area contributed by atoms with Gasteiger partial charge in [-0.1, -0.05) is 40.9 Å². The Morgan fingerprint density at radius 2 is 1.78 bits per heavy atom. The van der Waals surface area contributed by atoms with Crippen LogP contribution in [0, 0.1) is 0 Å². The van der Waals surface area contributed by atoms with Crippen molar-refractivity contribution in [2.75, 3.05) is 20.3 Å². The summed E-state index contributed by atoms with van der Waals surface area (Å²) in [6.45, 7) is 0.135. The second-order valence-electron chi connectivity index (χ2n) is 9.55. The number of aromatic amines is 1. The molecular weight excluding hydrogens is 538 g/mol. The van der Waals surface area contributed by atoms with Crippen LogP contribution in [0.25, 0.3) is 22.2 Å². The number of nitrogens with zero attached hydrogens (tertiary/aromatic N) is 2. The highest BCUT2D eigenvalue weighted by Gasteiger charge is 2.17. The van der Waals surface area contributed by atoms with Gasteiger partial charge in [-0.3, -0.25) is 9.59 Å². The van der Waals surface area contributed by atoms with E-state index in [1.165, 1.54) is 11.5 Å². The lowest BCUT2D eigenvalue weighted by atomic mass is 10.0. The molecule has 0 aliphatic heterocycles. The summed E-state index contributed by atoms with van der Waals surface area (Å²) in [5.74, 6) is 0.969. The summed E-state index contributed by atoms with van der Waals surface area (Å²) in [4.78, 5) is 28.9. The van der Waals surface area contributed by atoms with Crippen molar-refractivity contribution in [1.82, 2.24) is 25.2 Å². The molecule has 210 valence electrons. The zero-order chi connectivity index (χ0) is 28.4. The lowest BCUT2D eigenvalue weighted by molar-refractivity contribution is -0.125. The molecule has 3 N–H and O–H groups in total. The van der Waals surface area contributed by atoms with Gasteiger partial charge in [-0.05, 0) is 71.9 Å². The van der Waals surface area contributed by atoms with Crippen LogP contribution in [0.2, 0.25) is 0 Å². The molecule has 5 aromatic rings. The second-order valence-corrected chi connectivity index (χ2v) is 10.2. The Bertz CT molecular complexity index is 1580. The van der Waals surface area contributed by atoms with Crippen molar-refractivity contribution in [3.63, 3.8) is 0 Å². The number of para-hydroxylation sites is 2. The molecule has 0 fully saturated rings. The molecule has 0 spiro atoms. The van der Waals surface area contributed by atoms with Crippen LogP contribution in [0.15, 0.2) is 84.4 Å². The number of fused-ring (bicyclic) bond motifs is 1. The number of aromatic nitrogens is 3. The number of carbonyl (C=O) groups is 2. The van der Waals surface area contributed by atoms with E-state index in [1.807, 2.05) is 72.2 Å². The number of nitrogens with one attached hydrogen (secondary N) is 3. The van der Waals surface area contributed by atoms with E-state index in [-0.39, 0.29) is 31.0 Å². The molecule has 0 aliphatic carbocycles. The normalized spacial score (nSPS) is 11.6. The van der Waals surface area contributed by atoms with Crippen molar-refractivity contribution in [2.24, 2.45) is 0 Å². The summed E-state index contributed by atoms with van der Waals surface area (Å²) in [5, 5.41) is 13.1. The Morgan fingerprint density at radius 3 is 2.59 bits per heavy atom. The van der Waals surface area contributed by atoms with Crippen LogP contribution in [0.1, 0.15) is 17.5 Å². The minimum Gasteiger partial charge on any atom is -0.496 e. The monoisotopic (exact) mass is 569 g/mol. The van der Waals surface area contributed by atoms with Crippen LogP contribution in [-0.2, 0) is 22.4 Å². The van der Waals surface area contributed by atoms with Crippen molar-refractivity contribution in [1.29, 1.82) is 0 Å². The van der Waals surface area contributed by atoms with Gasteiger partial charge in [0.15, 0.2) is 6.61 Å². The predicted molar refractivity (Wildman–Crippen MR) is 159 cm³/mol. The maximum Gasteiger partial charge on any atom is 0.258 e. The van der Waals surface area contributed by atoms with Crippen molar-refractivity contribution in [2.45, 2.75) is 25.3 Å². The Kier molecular flexibility index (Phi) is 9.23. The number of hydrogen-bond donors (Lipinski definition) is 3. The van der Waals surface area contributed by atoms with Crippen LogP contribution < -0.4 is 20.1 Å². The molecule has 10 heteroatoms. The van der Waals surface area contributed by atoms with Gasteiger partial charge in [-0.2, -0.15) is 0 Å². The summed E-state index contributed by atoms with van der Waals surface area (Å²) in [6.07, 6.45) is 3.35. The minimum atomic E-state index is -0.333. The fourth-order valence-corrected chi connectivity index (χ4v) is 5.12. The number of hydrogen-bond acceptors (Lipinski definition) is 7.